The lowest BCUT2D eigenvalue weighted by atomic mass is 9.76. The molecule has 1 aliphatic rings. The second-order valence-electron chi connectivity index (χ2n) is 5.38. The van der Waals surface area contributed by atoms with E-state index in [4.69, 9.17) is 0 Å². The first-order chi connectivity index (χ1) is 9.22. The molecule has 3 rings (SSSR count). The highest BCUT2D eigenvalue weighted by Gasteiger charge is 2.30. The van der Waals surface area contributed by atoms with Crippen LogP contribution in [0.15, 0.2) is 48.5 Å². The molecule has 0 aliphatic heterocycles. The summed E-state index contributed by atoms with van der Waals surface area (Å²) in [6.07, 6.45) is 2.31. The first-order valence-corrected chi connectivity index (χ1v) is 6.80. The Bertz CT molecular complexity index is 559. The molecule has 1 N–H and O–H groups in total. The molecule has 1 nitrogen and oxygen atoms in total. The number of hydrogen-bond donors (Lipinski definition) is 1. The fourth-order valence-electron chi connectivity index (χ4n) is 2.74. The normalized spacial score (nSPS) is 21.8. The van der Waals surface area contributed by atoms with Crippen molar-refractivity contribution in [1.29, 1.82) is 0 Å². The number of anilines is 1. The summed E-state index contributed by atoms with van der Waals surface area (Å²) in [6, 6.07) is 16.1. The summed E-state index contributed by atoms with van der Waals surface area (Å²) in [5, 5.41) is 3.51. The van der Waals surface area contributed by atoms with Gasteiger partial charge in [0.1, 0.15) is 5.82 Å². The average molecular weight is 255 g/mol. The van der Waals surface area contributed by atoms with Crippen LogP contribution < -0.4 is 5.32 Å². The average Bonchev–Trinajstić information content (AvgIpc) is 2.36. The Labute approximate surface area is 113 Å². The van der Waals surface area contributed by atoms with Crippen LogP contribution in [0.3, 0.4) is 0 Å². The first kappa shape index (κ1) is 12.2. The maximum absolute atomic E-state index is 13.0. The van der Waals surface area contributed by atoms with Crippen LogP contribution in [0.5, 0.6) is 0 Å². The van der Waals surface area contributed by atoms with Crippen LogP contribution in [0, 0.1) is 12.7 Å². The molecule has 1 saturated carbocycles. The quantitative estimate of drug-likeness (QED) is 0.852. The Morgan fingerprint density at radius 1 is 1.05 bits per heavy atom. The fourth-order valence-corrected chi connectivity index (χ4v) is 2.74. The standard InChI is InChI=1S/C17H18FN/c1-12-9-15(18)7-8-17(12)19-16-10-14(11-16)13-5-3-2-4-6-13/h2-9,14,16,19H,10-11H2,1H3. The molecule has 0 saturated heterocycles. The number of nitrogens with one attached hydrogen (secondary N) is 1. The second kappa shape index (κ2) is 5.04. The Hall–Kier alpha value is -1.83. The Morgan fingerprint density at radius 3 is 2.47 bits per heavy atom. The summed E-state index contributed by atoms with van der Waals surface area (Å²) >= 11 is 0. The van der Waals surface area contributed by atoms with E-state index in [2.05, 4.69) is 35.6 Å². The zero-order valence-corrected chi connectivity index (χ0v) is 11.1. The van der Waals surface area contributed by atoms with E-state index in [0.29, 0.717) is 12.0 Å². The van der Waals surface area contributed by atoms with Crippen LogP contribution in [-0.2, 0) is 0 Å². The smallest absolute Gasteiger partial charge is 0.123 e. The predicted molar refractivity (Wildman–Crippen MR) is 77.0 cm³/mol. The maximum atomic E-state index is 13.0. The molecular weight excluding hydrogens is 237 g/mol. The number of benzene rings is 2. The Kier molecular flexibility index (Phi) is 3.24. The van der Waals surface area contributed by atoms with Crippen LogP contribution >= 0.6 is 0 Å². The van der Waals surface area contributed by atoms with Crippen LogP contribution in [-0.4, -0.2) is 6.04 Å². The van der Waals surface area contributed by atoms with Crippen molar-refractivity contribution in [2.75, 3.05) is 5.32 Å². The first-order valence-electron chi connectivity index (χ1n) is 6.80. The molecular formula is C17H18FN. The molecule has 0 heterocycles. The van der Waals surface area contributed by atoms with Gasteiger partial charge in [-0.15, -0.1) is 0 Å². The van der Waals surface area contributed by atoms with Crippen molar-refractivity contribution in [2.24, 2.45) is 0 Å². The molecule has 19 heavy (non-hydrogen) atoms. The van der Waals surface area contributed by atoms with E-state index in [1.807, 2.05) is 13.0 Å². The van der Waals surface area contributed by atoms with Gasteiger partial charge in [-0.3, -0.25) is 0 Å². The van der Waals surface area contributed by atoms with Gasteiger partial charge in [-0.25, -0.2) is 4.39 Å². The van der Waals surface area contributed by atoms with Crippen LogP contribution in [0.25, 0.3) is 0 Å². The molecule has 0 bridgehead atoms. The minimum absolute atomic E-state index is 0.168. The zero-order chi connectivity index (χ0) is 13.2. The van der Waals surface area contributed by atoms with Crippen LogP contribution in [0.4, 0.5) is 10.1 Å². The van der Waals surface area contributed by atoms with E-state index in [1.54, 1.807) is 6.07 Å². The van der Waals surface area contributed by atoms with Gasteiger partial charge in [0.05, 0.1) is 0 Å². The molecule has 0 spiro atoms. The molecule has 0 aromatic heterocycles. The van der Waals surface area contributed by atoms with Gasteiger partial charge in [0.15, 0.2) is 0 Å². The van der Waals surface area contributed by atoms with E-state index in [9.17, 15) is 4.39 Å². The largest absolute Gasteiger partial charge is 0.382 e. The number of aryl methyl sites for hydroxylation is 1. The zero-order valence-electron chi connectivity index (χ0n) is 11.1. The molecule has 0 amide bonds. The summed E-state index contributed by atoms with van der Waals surface area (Å²) in [4.78, 5) is 0. The molecule has 1 fully saturated rings. The summed E-state index contributed by atoms with van der Waals surface area (Å²) < 4.78 is 13.0. The van der Waals surface area contributed by atoms with Gasteiger partial charge in [-0.1, -0.05) is 30.3 Å². The Balaban J connectivity index is 1.60. The topological polar surface area (TPSA) is 12.0 Å². The third-order valence-corrected chi connectivity index (χ3v) is 3.96. The lowest BCUT2D eigenvalue weighted by molar-refractivity contribution is 0.374. The van der Waals surface area contributed by atoms with Gasteiger partial charge >= 0.3 is 0 Å². The van der Waals surface area contributed by atoms with Crippen LogP contribution in [0.1, 0.15) is 29.9 Å². The van der Waals surface area contributed by atoms with Crippen molar-refractivity contribution in [3.63, 3.8) is 0 Å². The van der Waals surface area contributed by atoms with Gasteiger partial charge in [0.25, 0.3) is 0 Å². The van der Waals surface area contributed by atoms with E-state index >= 15 is 0 Å². The highest BCUT2D eigenvalue weighted by Crippen LogP contribution is 2.38. The van der Waals surface area contributed by atoms with E-state index < -0.39 is 0 Å². The van der Waals surface area contributed by atoms with Crippen molar-refractivity contribution in [1.82, 2.24) is 0 Å². The highest BCUT2D eigenvalue weighted by molar-refractivity contribution is 5.52. The number of rotatable bonds is 3. The summed E-state index contributed by atoms with van der Waals surface area (Å²) in [5.41, 5.74) is 3.46. The molecule has 0 unspecified atom stereocenters. The van der Waals surface area contributed by atoms with Gasteiger partial charge in [-0.2, -0.15) is 0 Å². The van der Waals surface area contributed by atoms with E-state index in [-0.39, 0.29) is 5.82 Å². The molecule has 2 heteroatoms. The summed E-state index contributed by atoms with van der Waals surface area (Å²) in [6.45, 7) is 1.94. The number of halogens is 1. The molecule has 2 aromatic rings. The highest BCUT2D eigenvalue weighted by atomic mass is 19.1. The van der Waals surface area contributed by atoms with Crippen LogP contribution in [0.2, 0.25) is 0 Å². The summed E-state index contributed by atoms with van der Waals surface area (Å²) in [7, 11) is 0. The van der Waals surface area contributed by atoms with Gasteiger partial charge in [0.2, 0.25) is 0 Å². The summed E-state index contributed by atoms with van der Waals surface area (Å²) in [5.74, 6) is 0.498. The van der Waals surface area contributed by atoms with Gasteiger partial charge in [-0.05, 0) is 55.0 Å². The van der Waals surface area contributed by atoms with Gasteiger partial charge in [0, 0.05) is 11.7 Å². The molecule has 98 valence electrons. The second-order valence-corrected chi connectivity index (χ2v) is 5.38. The minimum Gasteiger partial charge on any atom is -0.382 e. The molecule has 0 radical (unpaired) electrons. The third-order valence-electron chi connectivity index (χ3n) is 3.96. The predicted octanol–water partition coefficient (Wildman–Crippen LogP) is 4.49. The monoisotopic (exact) mass is 255 g/mol. The maximum Gasteiger partial charge on any atom is 0.123 e. The van der Waals surface area contributed by atoms with Gasteiger partial charge < -0.3 is 5.32 Å². The minimum atomic E-state index is -0.168. The van der Waals surface area contributed by atoms with Crippen molar-refractivity contribution in [3.05, 3.63) is 65.5 Å². The van der Waals surface area contributed by atoms with Crippen molar-refractivity contribution < 1.29 is 4.39 Å². The molecule has 2 aromatic carbocycles. The van der Waals surface area contributed by atoms with Crippen molar-refractivity contribution >= 4 is 5.69 Å². The van der Waals surface area contributed by atoms with Crippen molar-refractivity contribution in [3.8, 4) is 0 Å². The van der Waals surface area contributed by atoms with E-state index in [1.165, 1.54) is 11.6 Å². The lowest BCUT2D eigenvalue weighted by Gasteiger charge is -2.37. The third kappa shape index (κ3) is 2.62. The lowest BCUT2D eigenvalue weighted by Crippen LogP contribution is -2.34. The molecule has 1 aliphatic carbocycles. The number of hydrogen-bond acceptors (Lipinski definition) is 1. The molecule has 0 atom stereocenters. The fraction of sp³-hybridized carbons (Fsp3) is 0.294. The van der Waals surface area contributed by atoms with E-state index in [0.717, 1.165) is 24.1 Å². The SMILES string of the molecule is Cc1cc(F)ccc1NC1CC(c2ccccc2)C1. The Morgan fingerprint density at radius 2 is 1.79 bits per heavy atom. The van der Waals surface area contributed by atoms with Crippen molar-refractivity contribution in [2.45, 2.75) is 31.7 Å².